The van der Waals surface area contributed by atoms with E-state index in [2.05, 4.69) is 6.92 Å². The van der Waals surface area contributed by atoms with Gasteiger partial charge in [-0.15, -0.1) is 0 Å². The van der Waals surface area contributed by atoms with Crippen LogP contribution < -0.4 is 0 Å². The molecule has 0 amide bonds. The third kappa shape index (κ3) is 6.28. The van der Waals surface area contributed by atoms with Crippen LogP contribution in [0, 0.1) is 5.41 Å². The molecule has 0 aromatic heterocycles. The van der Waals surface area contributed by atoms with Crippen molar-refractivity contribution in [2.24, 2.45) is 5.41 Å². The summed E-state index contributed by atoms with van der Waals surface area (Å²) in [5.74, 6) is -0.520. The third-order valence-electron chi connectivity index (χ3n) is 5.02. The Morgan fingerprint density at radius 3 is 1.90 bits per heavy atom. The lowest BCUT2D eigenvalue weighted by Crippen LogP contribution is -2.31. The fourth-order valence-electron chi connectivity index (χ4n) is 3.57. The van der Waals surface area contributed by atoms with Gasteiger partial charge in [-0.2, -0.15) is 0 Å². The van der Waals surface area contributed by atoms with Crippen LogP contribution in [-0.4, -0.2) is 11.1 Å². The minimum atomic E-state index is -0.520. The summed E-state index contributed by atoms with van der Waals surface area (Å²) >= 11 is 0. The fourth-order valence-corrected chi connectivity index (χ4v) is 3.57. The number of hydrogen-bond donors (Lipinski definition) is 1. The van der Waals surface area contributed by atoms with Gasteiger partial charge >= 0.3 is 5.97 Å². The molecule has 0 spiro atoms. The fraction of sp³-hybridized carbons (Fsp3) is 0.944. The average molecular weight is 282 g/mol. The first-order valence-corrected chi connectivity index (χ1v) is 8.95. The summed E-state index contributed by atoms with van der Waals surface area (Å²) in [6.07, 6.45) is 17.5. The van der Waals surface area contributed by atoms with Crippen LogP contribution in [0.25, 0.3) is 0 Å². The molecule has 0 aliphatic heterocycles. The Hall–Kier alpha value is -0.530. The highest BCUT2D eigenvalue weighted by molar-refractivity contribution is 5.74. The van der Waals surface area contributed by atoms with E-state index in [4.69, 9.17) is 0 Å². The number of unbranched alkanes of at least 4 members (excludes halogenated alkanes) is 5. The molecule has 1 saturated carbocycles. The minimum Gasteiger partial charge on any atom is -0.481 e. The molecule has 2 nitrogen and oxygen atoms in total. The molecule has 0 aromatic rings. The second kappa shape index (κ2) is 10.2. The second-order valence-electron chi connectivity index (χ2n) is 6.72. The van der Waals surface area contributed by atoms with Gasteiger partial charge in [0.15, 0.2) is 0 Å². The Morgan fingerprint density at radius 2 is 1.35 bits per heavy atom. The van der Waals surface area contributed by atoms with E-state index in [0.717, 1.165) is 38.5 Å². The SMILES string of the molecule is CCCCCCCCC1(C(=O)O)CCCCCCCC1. The quantitative estimate of drug-likeness (QED) is 0.559. The largest absolute Gasteiger partial charge is 0.481 e. The maximum atomic E-state index is 11.8. The molecule has 0 aromatic carbocycles. The van der Waals surface area contributed by atoms with Crippen molar-refractivity contribution in [2.75, 3.05) is 0 Å². The van der Waals surface area contributed by atoms with Crippen LogP contribution in [0.4, 0.5) is 0 Å². The standard InChI is InChI=1S/C18H34O2/c1-2-3-4-5-8-11-14-18(17(19)20)15-12-9-6-7-10-13-16-18/h2-16H2,1H3,(H,19,20). The normalized spacial score (nSPS) is 19.9. The van der Waals surface area contributed by atoms with Crippen LogP contribution in [0.2, 0.25) is 0 Å². The van der Waals surface area contributed by atoms with Crippen molar-refractivity contribution in [1.29, 1.82) is 0 Å². The van der Waals surface area contributed by atoms with Gasteiger partial charge < -0.3 is 5.11 Å². The number of hydrogen-bond acceptors (Lipinski definition) is 1. The summed E-state index contributed by atoms with van der Waals surface area (Å²) < 4.78 is 0. The van der Waals surface area contributed by atoms with Crippen molar-refractivity contribution in [3.8, 4) is 0 Å². The first kappa shape index (κ1) is 17.5. The maximum absolute atomic E-state index is 11.8. The van der Waals surface area contributed by atoms with Gasteiger partial charge in [0.25, 0.3) is 0 Å². The molecule has 1 N–H and O–H groups in total. The Labute approximate surface area is 125 Å². The molecule has 0 radical (unpaired) electrons. The van der Waals surface area contributed by atoms with E-state index < -0.39 is 11.4 Å². The number of aliphatic carboxylic acids is 1. The van der Waals surface area contributed by atoms with E-state index >= 15 is 0 Å². The first-order valence-electron chi connectivity index (χ1n) is 8.95. The molecule has 1 aliphatic carbocycles. The highest BCUT2D eigenvalue weighted by atomic mass is 16.4. The Morgan fingerprint density at radius 1 is 0.850 bits per heavy atom. The lowest BCUT2D eigenvalue weighted by atomic mass is 9.74. The molecule has 0 atom stereocenters. The number of rotatable bonds is 8. The summed E-state index contributed by atoms with van der Waals surface area (Å²) in [4.78, 5) is 11.8. The Bertz CT molecular complexity index is 250. The minimum absolute atomic E-state index is 0.394. The van der Waals surface area contributed by atoms with Crippen molar-refractivity contribution in [2.45, 2.75) is 103 Å². The summed E-state index contributed by atoms with van der Waals surface area (Å²) in [5, 5.41) is 9.74. The molecule has 1 rings (SSSR count). The van der Waals surface area contributed by atoms with E-state index in [0.29, 0.717) is 0 Å². The van der Waals surface area contributed by atoms with E-state index in [9.17, 15) is 9.90 Å². The maximum Gasteiger partial charge on any atom is 0.309 e. The van der Waals surface area contributed by atoms with E-state index in [1.54, 1.807) is 0 Å². The highest BCUT2D eigenvalue weighted by Gasteiger charge is 2.36. The molecular formula is C18H34O2. The number of carboxylic acid groups (broad SMARTS) is 1. The number of carbonyl (C=O) groups is 1. The molecule has 1 aliphatic rings. The van der Waals surface area contributed by atoms with Gasteiger partial charge in [0.2, 0.25) is 0 Å². The predicted molar refractivity (Wildman–Crippen MR) is 85.0 cm³/mol. The lowest BCUT2D eigenvalue weighted by Gasteiger charge is -2.29. The van der Waals surface area contributed by atoms with Crippen LogP contribution in [-0.2, 0) is 4.79 Å². The van der Waals surface area contributed by atoms with Crippen molar-refractivity contribution >= 4 is 5.97 Å². The van der Waals surface area contributed by atoms with Gasteiger partial charge in [0.05, 0.1) is 5.41 Å². The summed E-state index contributed by atoms with van der Waals surface area (Å²) in [6, 6.07) is 0. The zero-order chi connectivity index (χ0) is 14.7. The van der Waals surface area contributed by atoms with Crippen LogP contribution >= 0.6 is 0 Å². The molecule has 118 valence electrons. The predicted octanol–water partition coefficient (Wildman–Crippen LogP) is 5.94. The van der Waals surface area contributed by atoms with Gasteiger partial charge in [0.1, 0.15) is 0 Å². The van der Waals surface area contributed by atoms with Crippen LogP contribution in [0.3, 0.4) is 0 Å². The molecule has 2 heteroatoms. The van der Waals surface area contributed by atoms with E-state index in [1.807, 2.05) is 0 Å². The lowest BCUT2D eigenvalue weighted by molar-refractivity contribution is -0.150. The zero-order valence-corrected chi connectivity index (χ0v) is 13.5. The molecular weight excluding hydrogens is 248 g/mol. The van der Waals surface area contributed by atoms with Crippen LogP contribution in [0.1, 0.15) is 103 Å². The molecule has 0 saturated heterocycles. The topological polar surface area (TPSA) is 37.3 Å². The van der Waals surface area contributed by atoms with Gasteiger partial charge in [0, 0.05) is 0 Å². The molecule has 1 fully saturated rings. The third-order valence-corrected chi connectivity index (χ3v) is 5.02. The van der Waals surface area contributed by atoms with E-state index in [1.165, 1.54) is 57.8 Å². The van der Waals surface area contributed by atoms with Crippen molar-refractivity contribution in [3.05, 3.63) is 0 Å². The summed E-state index contributed by atoms with van der Waals surface area (Å²) in [6.45, 7) is 2.23. The molecule has 0 unspecified atom stereocenters. The summed E-state index contributed by atoms with van der Waals surface area (Å²) in [5.41, 5.74) is -0.394. The van der Waals surface area contributed by atoms with Crippen molar-refractivity contribution < 1.29 is 9.90 Å². The highest BCUT2D eigenvalue weighted by Crippen LogP contribution is 2.38. The van der Waals surface area contributed by atoms with E-state index in [-0.39, 0.29) is 0 Å². The van der Waals surface area contributed by atoms with Crippen LogP contribution in [0.5, 0.6) is 0 Å². The second-order valence-corrected chi connectivity index (χ2v) is 6.72. The Kier molecular flexibility index (Phi) is 8.97. The zero-order valence-electron chi connectivity index (χ0n) is 13.5. The van der Waals surface area contributed by atoms with Crippen LogP contribution in [0.15, 0.2) is 0 Å². The molecule has 0 heterocycles. The molecule has 20 heavy (non-hydrogen) atoms. The average Bonchev–Trinajstić information content (AvgIpc) is 2.55. The van der Waals surface area contributed by atoms with Gasteiger partial charge in [-0.05, 0) is 19.3 Å². The first-order chi connectivity index (χ1) is 9.71. The smallest absolute Gasteiger partial charge is 0.309 e. The monoisotopic (exact) mass is 282 g/mol. The van der Waals surface area contributed by atoms with Crippen molar-refractivity contribution in [3.63, 3.8) is 0 Å². The number of carboxylic acids is 1. The molecule has 0 bridgehead atoms. The van der Waals surface area contributed by atoms with Crippen molar-refractivity contribution in [1.82, 2.24) is 0 Å². The van der Waals surface area contributed by atoms with Gasteiger partial charge in [-0.25, -0.2) is 0 Å². The van der Waals surface area contributed by atoms with Gasteiger partial charge in [-0.3, -0.25) is 4.79 Å². The summed E-state index contributed by atoms with van der Waals surface area (Å²) in [7, 11) is 0. The Balaban J connectivity index is 2.40. The van der Waals surface area contributed by atoms with Gasteiger partial charge in [-0.1, -0.05) is 84.0 Å².